The summed E-state index contributed by atoms with van der Waals surface area (Å²) in [5.74, 6) is 0.255. The highest BCUT2D eigenvalue weighted by molar-refractivity contribution is 6.30. The van der Waals surface area contributed by atoms with Crippen molar-refractivity contribution in [2.24, 2.45) is 0 Å². The van der Waals surface area contributed by atoms with Crippen molar-refractivity contribution in [1.29, 1.82) is 5.26 Å². The van der Waals surface area contributed by atoms with Gasteiger partial charge in [-0.3, -0.25) is 9.80 Å². The van der Waals surface area contributed by atoms with Crippen LogP contribution in [0.1, 0.15) is 31.2 Å². The summed E-state index contributed by atoms with van der Waals surface area (Å²) in [7, 11) is 0. The fourth-order valence-electron chi connectivity index (χ4n) is 5.10. The largest absolute Gasteiger partial charge is 0.491 e. The van der Waals surface area contributed by atoms with Crippen LogP contribution in [0.5, 0.6) is 5.75 Å². The van der Waals surface area contributed by atoms with E-state index in [1.54, 1.807) is 12.1 Å². The Balaban J connectivity index is 1.21. The lowest BCUT2D eigenvalue weighted by atomic mass is 9.69. The maximum Gasteiger partial charge on any atom is 0.123 e. The van der Waals surface area contributed by atoms with Gasteiger partial charge in [0.2, 0.25) is 0 Å². The molecule has 2 aromatic rings. The van der Waals surface area contributed by atoms with Gasteiger partial charge >= 0.3 is 0 Å². The van der Waals surface area contributed by atoms with Crippen molar-refractivity contribution in [1.82, 2.24) is 9.80 Å². The van der Waals surface area contributed by atoms with Crippen LogP contribution in [-0.2, 0) is 5.41 Å². The molecule has 1 aliphatic carbocycles. The first-order chi connectivity index (χ1) is 16.0. The number of hydrogen-bond donors (Lipinski definition) is 1. The topological polar surface area (TPSA) is 59.7 Å². The monoisotopic (exact) mass is 471 g/mol. The van der Waals surface area contributed by atoms with Gasteiger partial charge in [0.1, 0.15) is 24.3 Å². The molecule has 4 rings (SSSR count). The van der Waals surface area contributed by atoms with Crippen molar-refractivity contribution < 1.29 is 14.2 Å². The van der Waals surface area contributed by atoms with Crippen LogP contribution in [0.3, 0.4) is 0 Å². The molecule has 1 aliphatic heterocycles. The van der Waals surface area contributed by atoms with Gasteiger partial charge in [0.15, 0.2) is 0 Å². The van der Waals surface area contributed by atoms with E-state index in [0.717, 1.165) is 57.4 Å². The summed E-state index contributed by atoms with van der Waals surface area (Å²) in [5, 5.41) is 21.0. The molecular formula is C26H31ClFN3O2. The maximum atomic E-state index is 13.0. The van der Waals surface area contributed by atoms with E-state index in [0.29, 0.717) is 23.4 Å². The Morgan fingerprint density at radius 2 is 1.82 bits per heavy atom. The molecule has 176 valence electrons. The van der Waals surface area contributed by atoms with Crippen molar-refractivity contribution in [2.45, 2.75) is 43.2 Å². The Kier molecular flexibility index (Phi) is 7.87. The van der Waals surface area contributed by atoms with E-state index in [1.807, 2.05) is 24.3 Å². The van der Waals surface area contributed by atoms with Crippen molar-refractivity contribution in [3.63, 3.8) is 0 Å². The van der Waals surface area contributed by atoms with Crippen LogP contribution < -0.4 is 4.74 Å². The van der Waals surface area contributed by atoms with Gasteiger partial charge in [0.05, 0.1) is 11.5 Å². The molecule has 1 N–H and O–H groups in total. The van der Waals surface area contributed by atoms with E-state index in [-0.39, 0.29) is 12.4 Å². The molecule has 1 saturated carbocycles. The molecule has 1 atom stereocenters. The summed E-state index contributed by atoms with van der Waals surface area (Å²) in [5.41, 5.74) is 0.607. The van der Waals surface area contributed by atoms with Crippen molar-refractivity contribution in [3.05, 3.63) is 64.9 Å². The highest BCUT2D eigenvalue weighted by atomic mass is 35.5. The quantitative estimate of drug-likeness (QED) is 0.654. The number of nitriles is 1. The van der Waals surface area contributed by atoms with Crippen molar-refractivity contribution >= 4 is 11.6 Å². The van der Waals surface area contributed by atoms with Gasteiger partial charge in [0.25, 0.3) is 0 Å². The van der Waals surface area contributed by atoms with Gasteiger partial charge < -0.3 is 9.84 Å². The fraction of sp³-hybridized carbons (Fsp3) is 0.500. The molecule has 2 aliphatic rings. The molecule has 0 radical (unpaired) electrons. The number of aliphatic hydroxyl groups is 1. The molecule has 2 aromatic carbocycles. The van der Waals surface area contributed by atoms with Gasteiger partial charge in [-0.2, -0.15) is 5.26 Å². The highest BCUT2D eigenvalue weighted by Crippen LogP contribution is 2.41. The molecule has 0 amide bonds. The summed E-state index contributed by atoms with van der Waals surface area (Å²) in [4.78, 5) is 4.81. The Hall–Kier alpha value is -2.17. The normalized spacial score (nSPS) is 25.3. The van der Waals surface area contributed by atoms with Crippen LogP contribution in [0.2, 0.25) is 5.02 Å². The Morgan fingerprint density at radius 1 is 1.12 bits per heavy atom. The lowest BCUT2D eigenvalue weighted by molar-refractivity contribution is 0.0286. The summed E-state index contributed by atoms with van der Waals surface area (Å²) in [6.07, 6.45) is 3.13. The molecular weight excluding hydrogens is 441 g/mol. The Morgan fingerprint density at radius 3 is 2.45 bits per heavy atom. The second-order valence-corrected chi connectivity index (χ2v) is 9.63. The summed E-state index contributed by atoms with van der Waals surface area (Å²) >= 11 is 6.18. The minimum absolute atomic E-state index is 0.189. The molecule has 1 unspecified atom stereocenters. The van der Waals surface area contributed by atoms with E-state index in [4.69, 9.17) is 16.3 Å². The van der Waals surface area contributed by atoms with Crippen LogP contribution in [0, 0.1) is 17.1 Å². The maximum absolute atomic E-state index is 13.0. The molecule has 33 heavy (non-hydrogen) atoms. The van der Waals surface area contributed by atoms with Crippen LogP contribution in [0.4, 0.5) is 4.39 Å². The number of halogens is 2. The van der Waals surface area contributed by atoms with Gasteiger partial charge in [-0.05, 0) is 67.6 Å². The number of ether oxygens (including phenoxy) is 1. The zero-order valence-electron chi connectivity index (χ0n) is 18.8. The average Bonchev–Trinajstić information content (AvgIpc) is 2.84. The smallest absolute Gasteiger partial charge is 0.123 e. The van der Waals surface area contributed by atoms with E-state index >= 15 is 0 Å². The first-order valence-corrected chi connectivity index (χ1v) is 12.1. The standard InChI is InChI=1S/C26H31ClFN3O2/c27-21-3-1-2-20(16-21)26(19-29)10-8-23(9-11-26)31-14-12-30(13-15-31)17-24(32)18-33-25-6-4-22(28)5-7-25/h1-7,16,23-24,32H,8-15,17-18H2/t23-,24?,26-. The van der Waals surface area contributed by atoms with Gasteiger partial charge in [-0.25, -0.2) is 4.39 Å². The number of β-amino-alcohol motifs (C(OH)–C–C–N with tert-alkyl or cyclic N) is 1. The third-order valence-electron chi connectivity index (χ3n) is 7.05. The number of rotatable bonds is 7. The molecule has 7 heteroatoms. The van der Waals surface area contributed by atoms with Crippen LogP contribution in [0.25, 0.3) is 0 Å². The van der Waals surface area contributed by atoms with Gasteiger partial charge in [-0.1, -0.05) is 23.7 Å². The van der Waals surface area contributed by atoms with Crippen molar-refractivity contribution in [3.8, 4) is 11.8 Å². The predicted octanol–water partition coefficient (Wildman–Crippen LogP) is 4.24. The third-order valence-corrected chi connectivity index (χ3v) is 7.28. The number of piperazine rings is 1. The Bertz CT molecular complexity index is 949. The summed E-state index contributed by atoms with van der Waals surface area (Å²) in [6.45, 7) is 4.49. The fourth-order valence-corrected chi connectivity index (χ4v) is 5.29. The number of nitrogens with zero attached hydrogens (tertiary/aromatic N) is 3. The lowest BCUT2D eigenvalue weighted by Crippen LogP contribution is -2.53. The second kappa shape index (κ2) is 10.8. The first-order valence-electron chi connectivity index (χ1n) is 11.7. The number of benzene rings is 2. The highest BCUT2D eigenvalue weighted by Gasteiger charge is 2.39. The molecule has 1 heterocycles. The van der Waals surface area contributed by atoms with E-state index in [9.17, 15) is 14.8 Å². The average molecular weight is 472 g/mol. The minimum Gasteiger partial charge on any atom is -0.491 e. The lowest BCUT2D eigenvalue weighted by Gasteiger charge is -2.44. The van der Waals surface area contributed by atoms with Crippen LogP contribution in [-0.4, -0.2) is 66.4 Å². The van der Waals surface area contributed by atoms with Gasteiger partial charge in [0, 0.05) is 43.8 Å². The van der Waals surface area contributed by atoms with Crippen LogP contribution >= 0.6 is 11.6 Å². The van der Waals surface area contributed by atoms with Gasteiger partial charge in [-0.15, -0.1) is 0 Å². The Labute approximate surface area is 200 Å². The third kappa shape index (κ3) is 6.04. The molecule has 0 bridgehead atoms. The van der Waals surface area contributed by atoms with E-state index < -0.39 is 11.5 Å². The minimum atomic E-state index is -0.592. The molecule has 0 aromatic heterocycles. The molecule has 1 saturated heterocycles. The second-order valence-electron chi connectivity index (χ2n) is 9.19. The molecule has 2 fully saturated rings. The first kappa shape index (κ1) is 24.0. The molecule has 5 nitrogen and oxygen atoms in total. The zero-order chi connectivity index (χ0) is 23.3. The molecule has 0 spiro atoms. The predicted molar refractivity (Wildman–Crippen MR) is 127 cm³/mol. The SMILES string of the molecule is N#C[C@]1(c2cccc(Cl)c2)CC[C@H](N2CCN(CC(O)COc3ccc(F)cc3)CC2)CC1. The number of aliphatic hydroxyl groups excluding tert-OH is 1. The summed E-state index contributed by atoms with van der Waals surface area (Å²) < 4.78 is 18.5. The number of hydrogen-bond acceptors (Lipinski definition) is 5. The van der Waals surface area contributed by atoms with Crippen molar-refractivity contribution in [2.75, 3.05) is 39.3 Å². The van der Waals surface area contributed by atoms with Crippen LogP contribution in [0.15, 0.2) is 48.5 Å². The zero-order valence-corrected chi connectivity index (χ0v) is 19.6. The summed E-state index contributed by atoms with van der Waals surface area (Å²) in [6, 6.07) is 16.7. The van der Waals surface area contributed by atoms with E-state index in [2.05, 4.69) is 15.9 Å². The van der Waals surface area contributed by atoms with E-state index in [1.165, 1.54) is 12.1 Å².